The molecule has 0 amide bonds. The quantitative estimate of drug-likeness (QED) is 0.746. The second-order valence-corrected chi connectivity index (χ2v) is 5.24. The lowest BCUT2D eigenvalue weighted by Crippen LogP contribution is -2.37. The van der Waals surface area contributed by atoms with Crippen molar-refractivity contribution in [2.45, 2.75) is 32.7 Å². The van der Waals surface area contributed by atoms with Gasteiger partial charge in [0, 0.05) is 18.9 Å². The van der Waals surface area contributed by atoms with Gasteiger partial charge in [-0.1, -0.05) is 6.92 Å². The van der Waals surface area contributed by atoms with E-state index < -0.39 is 0 Å². The molecule has 1 saturated heterocycles. The number of hydrogen-bond acceptors (Lipinski definition) is 3. The molecule has 0 spiro atoms. The molecule has 4 nitrogen and oxygen atoms in total. The monoisotopic (exact) mass is 250 g/mol. The summed E-state index contributed by atoms with van der Waals surface area (Å²) < 4.78 is 2.14. The van der Waals surface area contributed by atoms with Crippen LogP contribution < -0.4 is 5.32 Å². The summed E-state index contributed by atoms with van der Waals surface area (Å²) in [6, 6.07) is 0. The molecule has 0 saturated carbocycles. The fourth-order valence-corrected chi connectivity index (χ4v) is 2.62. The zero-order valence-corrected chi connectivity index (χ0v) is 11.5. The average Bonchev–Trinajstić information content (AvgIpc) is 2.92. The first kappa shape index (κ1) is 13.6. The van der Waals surface area contributed by atoms with E-state index in [0.29, 0.717) is 0 Å². The zero-order chi connectivity index (χ0) is 12.6. The van der Waals surface area contributed by atoms with Gasteiger partial charge in [-0.2, -0.15) is 0 Å². The highest BCUT2D eigenvalue weighted by molar-refractivity contribution is 4.75. The molecule has 4 heteroatoms. The van der Waals surface area contributed by atoms with Crippen molar-refractivity contribution in [1.29, 1.82) is 0 Å². The minimum atomic E-state index is 0.890. The van der Waals surface area contributed by atoms with Gasteiger partial charge in [0.05, 0.1) is 6.33 Å². The van der Waals surface area contributed by atoms with Gasteiger partial charge in [-0.3, -0.25) is 0 Å². The van der Waals surface area contributed by atoms with E-state index in [0.717, 1.165) is 19.0 Å². The summed E-state index contributed by atoms with van der Waals surface area (Å²) in [5, 5.41) is 3.60. The van der Waals surface area contributed by atoms with E-state index in [2.05, 4.69) is 26.7 Å². The lowest BCUT2D eigenvalue weighted by molar-refractivity contribution is 0.190. The summed E-state index contributed by atoms with van der Waals surface area (Å²) in [4.78, 5) is 6.60. The highest BCUT2D eigenvalue weighted by Crippen LogP contribution is 2.15. The van der Waals surface area contributed by atoms with Crippen LogP contribution >= 0.6 is 0 Å². The third-order valence-electron chi connectivity index (χ3n) is 3.92. The topological polar surface area (TPSA) is 33.1 Å². The van der Waals surface area contributed by atoms with Crippen LogP contribution in [0.1, 0.15) is 26.2 Å². The highest BCUT2D eigenvalue weighted by Gasteiger charge is 2.17. The SMILES string of the molecule is CCN1CCC(CNCCCn2ccnc2)CC1. The fraction of sp³-hybridized carbons (Fsp3) is 0.786. The van der Waals surface area contributed by atoms with Crippen molar-refractivity contribution in [2.24, 2.45) is 5.92 Å². The molecule has 0 aliphatic carbocycles. The molecule has 1 aliphatic rings. The Kier molecular flexibility index (Phi) is 5.68. The predicted molar refractivity (Wildman–Crippen MR) is 74.6 cm³/mol. The maximum Gasteiger partial charge on any atom is 0.0945 e. The van der Waals surface area contributed by atoms with Gasteiger partial charge < -0.3 is 14.8 Å². The van der Waals surface area contributed by atoms with E-state index in [9.17, 15) is 0 Å². The van der Waals surface area contributed by atoms with Gasteiger partial charge in [0.25, 0.3) is 0 Å². The van der Waals surface area contributed by atoms with Crippen LogP contribution in [-0.4, -0.2) is 47.2 Å². The number of imidazole rings is 1. The van der Waals surface area contributed by atoms with Crippen LogP contribution in [0.4, 0.5) is 0 Å². The molecule has 0 unspecified atom stereocenters. The normalized spacial score (nSPS) is 18.3. The number of piperidine rings is 1. The van der Waals surface area contributed by atoms with Crippen molar-refractivity contribution in [3.8, 4) is 0 Å². The van der Waals surface area contributed by atoms with Crippen molar-refractivity contribution < 1.29 is 0 Å². The molecular formula is C14H26N4. The van der Waals surface area contributed by atoms with Crippen LogP contribution in [0, 0.1) is 5.92 Å². The standard InChI is InChI=1S/C14H26N4/c1-2-17-9-4-14(5-10-17)12-15-6-3-8-18-11-7-16-13-18/h7,11,13-15H,2-6,8-10,12H2,1H3. The number of aryl methyl sites for hydroxylation is 1. The molecular weight excluding hydrogens is 224 g/mol. The number of nitrogens with zero attached hydrogens (tertiary/aromatic N) is 3. The Morgan fingerprint density at radius 3 is 2.83 bits per heavy atom. The van der Waals surface area contributed by atoms with Crippen molar-refractivity contribution in [3.05, 3.63) is 18.7 Å². The van der Waals surface area contributed by atoms with Crippen LogP contribution in [0.2, 0.25) is 0 Å². The van der Waals surface area contributed by atoms with Crippen molar-refractivity contribution in [3.63, 3.8) is 0 Å². The third kappa shape index (κ3) is 4.42. The van der Waals surface area contributed by atoms with E-state index in [1.807, 2.05) is 18.7 Å². The summed E-state index contributed by atoms with van der Waals surface area (Å²) in [7, 11) is 0. The molecule has 1 aromatic heterocycles. The second-order valence-electron chi connectivity index (χ2n) is 5.24. The van der Waals surface area contributed by atoms with Gasteiger partial charge in [0.1, 0.15) is 0 Å². The first-order chi connectivity index (χ1) is 8.88. The molecule has 1 aliphatic heterocycles. The summed E-state index contributed by atoms with van der Waals surface area (Å²) in [6.07, 6.45) is 9.67. The average molecular weight is 250 g/mol. The van der Waals surface area contributed by atoms with Gasteiger partial charge in [0.15, 0.2) is 0 Å². The second kappa shape index (κ2) is 7.54. The predicted octanol–water partition coefficient (Wildman–Crippen LogP) is 1.59. The Labute approximate surface area is 110 Å². The number of hydrogen-bond donors (Lipinski definition) is 1. The van der Waals surface area contributed by atoms with Crippen molar-refractivity contribution in [1.82, 2.24) is 19.8 Å². The molecule has 1 aromatic rings. The lowest BCUT2D eigenvalue weighted by Gasteiger charge is -2.31. The Bertz CT molecular complexity index is 302. The van der Waals surface area contributed by atoms with E-state index in [1.165, 1.54) is 45.4 Å². The Balaban J connectivity index is 1.48. The minimum Gasteiger partial charge on any atom is -0.337 e. The van der Waals surface area contributed by atoms with Crippen LogP contribution in [0.15, 0.2) is 18.7 Å². The molecule has 2 rings (SSSR count). The van der Waals surface area contributed by atoms with Gasteiger partial charge in [-0.25, -0.2) is 4.98 Å². The number of aromatic nitrogens is 2. The van der Waals surface area contributed by atoms with E-state index in [1.54, 1.807) is 0 Å². The van der Waals surface area contributed by atoms with Crippen LogP contribution in [0.25, 0.3) is 0 Å². The molecule has 0 aromatic carbocycles. The number of rotatable bonds is 7. The van der Waals surface area contributed by atoms with Crippen molar-refractivity contribution in [2.75, 3.05) is 32.7 Å². The number of nitrogens with one attached hydrogen (secondary N) is 1. The maximum absolute atomic E-state index is 4.05. The van der Waals surface area contributed by atoms with Gasteiger partial charge in [-0.05, 0) is 57.9 Å². The summed E-state index contributed by atoms with van der Waals surface area (Å²) in [5.74, 6) is 0.890. The number of likely N-dealkylation sites (tertiary alicyclic amines) is 1. The van der Waals surface area contributed by atoms with Gasteiger partial charge in [-0.15, -0.1) is 0 Å². The Morgan fingerprint density at radius 2 is 2.17 bits per heavy atom. The Hall–Kier alpha value is -0.870. The maximum atomic E-state index is 4.05. The molecule has 2 heterocycles. The van der Waals surface area contributed by atoms with Crippen LogP contribution in [0.3, 0.4) is 0 Å². The largest absolute Gasteiger partial charge is 0.337 e. The first-order valence-corrected chi connectivity index (χ1v) is 7.27. The van der Waals surface area contributed by atoms with Crippen molar-refractivity contribution >= 4 is 0 Å². The van der Waals surface area contributed by atoms with Gasteiger partial charge in [0.2, 0.25) is 0 Å². The Morgan fingerprint density at radius 1 is 1.33 bits per heavy atom. The molecule has 0 bridgehead atoms. The fourth-order valence-electron chi connectivity index (χ4n) is 2.62. The zero-order valence-electron chi connectivity index (χ0n) is 11.5. The van der Waals surface area contributed by atoms with E-state index >= 15 is 0 Å². The molecule has 0 radical (unpaired) electrons. The summed E-state index contributed by atoms with van der Waals surface area (Å²) >= 11 is 0. The lowest BCUT2D eigenvalue weighted by atomic mass is 9.97. The minimum absolute atomic E-state index is 0.890. The van der Waals surface area contributed by atoms with Crippen LogP contribution in [0.5, 0.6) is 0 Å². The molecule has 1 N–H and O–H groups in total. The third-order valence-corrected chi connectivity index (χ3v) is 3.92. The van der Waals surface area contributed by atoms with Gasteiger partial charge >= 0.3 is 0 Å². The molecule has 1 fully saturated rings. The molecule has 0 atom stereocenters. The first-order valence-electron chi connectivity index (χ1n) is 7.27. The highest BCUT2D eigenvalue weighted by atomic mass is 15.1. The smallest absolute Gasteiger partial charge is 0.0945 e. The molecule has 102 valence electrons. The van der Waals surface area contributed by atoms with Crippen LogP contribution in [-0.2, 0) is 6.54 Å². The van der Waals surface area contributed by atoms with E-state index in [4.69, 9.17) is 0 Å². The summed E-state index contributed by atoms with van der Waals surface area (Å²) in [5.41, 5.74) is 0. The molecule has 18 heavy (non-hydrogen) atoms. The van der Waals surface area contributed by atoms with E-state index in [-0.39, 0.29) is 0 Å². The summed E-state index contributed by atoms with van der Waals surface area (Å²) in [6.45, 7) is 9.43.